The molecule has 3 rings (SSSR count). The second kappa shape index (κ2) is 6.72. The Kier molecular flexibility index (Phi) is 4.92. The summed E-state index contributed by atoms with van der Waals surface area (Å²) in [4.78, 5) is 2.79. The molecule has 1 aliphatic rings. The first kappa shape index (κ1) is 15.4. The van der Waals surface area contributed by atoms with Crippen LogP contribution in [0.25, 0.3) is 0 Å². The molecule has 4 heteroatoms. The average molecular weight is 386 g/mol. The first-order valence-electron chi connectivity index (χ1n) is 7.37. The van der Waals surface area contributed by atoms with Crippen molar-refractivity contribution in [3.05, 3.63) is 49.6 Å². The van der Waals surface area contributed by atoms with Gasteiger partial charge in [-0.15, -0.1) is 22.9 Å². The van der Waals surface area contributed by atoms with Crippen LogP contribution < -0.4 is 4.74 Å². The summed E-state index contributed by atoms with van der Waals surface area (Å²) in [6, 6.07) is 8.44. The highest BCUT2D eigenvalue weighted by atomic mass is 79.9. The molecule has 0 spiro atoms. The van der Waals surface area contributed by atoms with Crippen LogP contribution in [0, 0.1) is 0 Å². The van der Waals surface area contributed by atoms with Crippen LogP contribution in [-0.4, -0.2) is 6.61 Å². The number of halogens is 2. The monoisotopic (exact) mass is 384 g/mol. The van der Waals surface area contributed by atoms with E-state index >= 15 is 0 Å². The number of thiophene rings is 1. The van der Waals surface area contributed by atoms with Gasteiger partial charge in [-0.3, -0.25) is 0 Å². The average Bonchev–Trinajstić information content (AvgIpc) is 3.06. The van der Waals surface area contributed by atoms with Crippen molar-refractivity contribution in [1.82, 2.24) is 0 Å². The molecule has 0 amide bonds. The molecule has 1 heterocycles. The zero-order valence-corrected chi connectivity index (χ0v) is 15.2. The van der Waals surface area contributed by atoms with E-state index < -0.39 is 0 Å². The van der Waals surface area contributed by atoms with Crippen molar-refractivity contribution >= 4 is 38.9 Å². The number of rotatable bonds is 5. The van der Waals surface area contributed by atoms with Crippen molar-refractivity contribution in [1.29, 1.82) is 0 Å². The molecule has 0 radical (unpaired) electrons. The molecule has 1 aromatic carbocycles. The van der Waals surface area contributed by atoms with Gasteiger partial charge in [0.25, 0.3) is 0 Å². The Bertz CT molecular complexity index is 616. The van der Waals surface area contributed by atoms with Gasteiger partial charge in [-0.2, -0.15) is 0 Å². The highest BCUT2D eigenvalue weighted by Gasteiger charge is 2.20. The smallest absolute Gasteiger partial charge is 0.133 e. The maximum Gasteiger partial charge on any atom is 0.133 e. The van der Waals surface area contributed by atoms with Crippen LogP contribution in [0.4, 0.5) is 0 Å². The number of fused-ring (bicyclic) bond motifs is 1. The summed E-state index contributed by atoms with van der Waals surface area (Å²) >= 11 is 12.1. The molecule has 0 aliphatic heterocycles. The number of aryl methyl sites for hydroxylation is 2. The quantitative estimate of drug-likeness (QED) is 0.564. The molecule has 1 aliphatic carbocycles. The summed E-state index contributed by atoms with van der Waals surface area (Å²) in [7, 11) is 0. The molecule has 0 N–H and O–H groups in total. The van der Waals surface area contributed by atoms with Gasteiger partial charge in [0, 0.05) is 9.75 Å². The summed E-state index contributed by atoms with van der Waals surface area (Å²) in [5.41, 5.74) is 2.62. The fourth-order valence-corrected chi connectivity index (χ4v) is 4.75. The number of ether oxygens (including phenoxy) is 1. The molecule has 2 aromatic rings. The molecule has 112 valence electrons. The third kappa shape index (κ3) is 3.30. The van der Waals surface area contributed by atoms with Crippen LogP contribution in [0.1, 0.15) is 46.0 Å². The molecule has 1 aromatic heterocycles. The molecule has 21 heavy (non-hydrogen) atoms. The normalized spacial score (nSPS) is 15.0. The predicted molar refractivity (Wildman–Crippen MR) is 94.0 cm³/mol. The lowest BCUT2D eigenvalue weighted by molar-refractivity contribution is 0.315. The molecule has 1 nitrogen and oxygen atoms in total. The van der Waals surface area contributed by atoms with Crippen molar-refractivity contribution < 1.29 is 4.74 Å². The van der Waals surface area contributed by atoms with E-state index in [9.17, 15) is 0 Å². The Morgan fingerprint density at radius 2 is 2.19 bits per heavy atom. The van der Waals surface area contributed by atoms with Crippen molar-refractivity contribution in [2.45, 2.75) is 38.0 Å². The van der Waals surface area contributed by atoms with E-state index in [0.717, 1.165) is 28.8 Å². The van der Waals surface area contributed by atoms with Crippen molar-refractivity contribution in [3.8, 4) is 5.75 Å². The van der Waals surface area contributed by atoms with E-state index in [-0.39, 0.29) is 5.38 Å². The van der Waals surface area contributed by atoms with E-state index in [1.807, 2.05) is 17.4 Å². The maximum atomic E-state index is 6.68. The number of hydrogen-bond acceptors (Lipinski definition) is 2. The van der Waals surface area contributed by atoms with Gasteiger partial charge in [0.1, 0.15) is 5.75 Å². The van der Waals surface area contributed by atoms with Crippen LogP contribution >= 0.6 is 38.9 Å². The SMILES string of the molecule is CCCOc1ccc(C(Cl)c2cc3c(s2)CCC3)cc1Br. The Morgan fingerprint density at radius 1 is 1.33 bits per heavy atom. The van der Waals surface area contributed by atoms with Gasteiger partial charge < -0.3 is 4.74 Å². The largest absolute Gasteiger partial charge is 0.492 e. The topological polar surface area (TPSA) is 9.23 Å². The molecule has 0 saturated heterocycles. The molecule has 1 unspecified atom stereocenters. The van der Waals surface area contributed by atoms with E-state index in [1.54, 1.807) is 0 Å². The Balaban J connectivity index is 1.80. The number of hydrogen-bond donors (Lipinski definition) is 0. The second-order valence-electron chi connectivity index (χ2n) is 5.35. The third-order valence-corrected chi connectivity index (χ3v) is 6.26. The van der Waals surface area contributed by atoms with Gasteiger partial charge in [0.05, 0.1) is 16.5 Å². The zero-order chi connectivity index (χ0) is 14.8. The van der Waals surface area contributed by atoms with Gasteiger partial charge in [0.2, 0.25) is 0 Å². The fourth-order valence-electron chi connectivity index (χ4n) is 2.65. The minimum atomic E-state index is -0.0721. The van der Waals surface area contributed by atoms with Crippen LogP contribution in [0.3, 0.4) is 0 Å². The molecule has 1 atom stereocenters. The summed E-state index contributed by atoms with van der Waals surface area (Å²) < 4.78 is 6.66. The Morgan fingerprint density at radius 3 is 2.90 bits per heavy atom. The lowest BCUT2D eigenvalue weighted by Gasteiger charge is -2.12. The second-order valence-corrected chi connectivity index (χ2v) is 7.81. The molecule has 0 bridgehead atoms. The van der Waals surface area contributed by atoms with Crippen molar-refractivity contribution in [2.75, 3.05) is 6.61 Å². The molecule has 0 saturated carbocycles. The summed E-state index contributed by atoms with van der Waals surface area (Å²) in [5, 5.41) is -0.0721. The van der Waals surface area contributed by atoms with Gasteiger partial charge in [-0.05, 0) is 70.9 Å². The predicted octanol–water partition coefficient (Wildman–Crippen LogP) is 6.12. The Labute approximate surface area is 143 Å². The first-order chi connectivity index (χ1) is 10.2. The van der Waals surface area contributed by atoms with Crippen LogP contribution in [-0.2, 0) is 12.8 Å². The van der Waals surface area contributed by atoms with Crippen molar-refractivity contribution in [3.63, 3.8) is 0 Å². The highest BCUT2D eigenvalue weighted by Crippen LogP contribution is 2.40. The fraction of sp³-hybridized carbons (Fsp3) is 0.412. The molecular formula is C17H18BrClOS. The van der Waals surface area contributed by atoms with E-state index in [4.69, 9.17) is 16.3 Å². The molecular weight excluding hydrogens is 368 g/mol. The molecule has 0 fully saturated rings. The summed E-state index contributed by atoms with van der Waals surface area (Å²) in [5.74, 6) is 0.887. The van der Waals surface area contributed by atoms with Gasteiger partial charge >= 0.3 is 0 Å². The first-order valence-corrected chi connectivity index (χ1v) is 9.41. The summed E-state index contributed by atoms with van der Waals surface area (Å²) in [6.07, 6.45) is 4.73. The van der Waals surface area contributed by atoms with Crippen LogP contribution in [0.15, 0.2) is 28.7 Å². The van der Waals surface area contributed by atoms with Gasteiger partial charge in [-0.25, -0.2) is 0 Å². The maximum absolute atomic E-state index is 6.68. The van der Waals surface area contributed by atoms with E-state index in [0.29, 0.717) is 0 Å². The van der Waals surface area contributed by atoms with Crippen molar-refractivity contribution in [2.24, 2.45) is 0 Å². The van der Waals surface area contributed by atoms with Gasteiger partial charge in [-0.1, -0.05) is 13.0 Å². The minimum Gasteiger partial charge on any atom is -0.492 e. The van der Waals surface area contributed by atoms with Crippen LogP contribution in [0.5, 0.6) is 5.75 Å². The van der Waals surface area contributed by atoms with E-state index in [1.165, 1.54) is 34.6 Å². The Hall–Kier alpha value is -0.510. The standard InChI is InChI=1S/C17H18BrClOS/c1-2-8-20-14-7-6-12(9-13(14)18)17(19)16-10-11-4-3-5-15(11)21-16/h6-7,9-10,17H,2-5,8H2,1H3. The number of alkyl halides is 1. The lowest BCUT2D eigenvalue weighted by atomic mass is 10.1. The minimum absolute atomic E-state index is 0.0721. The third-order valence-electron chi connectivity index (χ3n) is 3.73. The zero-order valence-electron chi connectivity index (χ0n) is 12.0. The van der Waals surface area contributed by atoms with Crippen LogP contribution in [0.2, 0.25) is 0 Å². The summed E-state index contributed by atoms with van der Waals surface area (Å²) in [6.45, 7) is 2.84. The number of benzene rings is 1. The van der Waals surface area contributed by atoms with Gasteiger partial charge in [0.15, 0.2) is 0 Å². The van der Waals surface area contributed by atoms with E-state index in [2.05, 4.69) is 41.1 Å². The lowest BCUT2D eigenvalue weighted by Crippen LogP contribution is -1.97. The highest BCUT2D eigenvalue weighted by molar-refractivity contribution is 9.10.